The van der Waals surface area contributed by atoms with E-state index in [4.69, 9.17) is 48.0 Å². The molecule has 0 unspecified atom stereocenters. The molecule has 2 saturated carbocycles. The van der Waals surface area contributed by atoms with Gasteiger partial charge in [0.15, 0.2) is 29.6 Å². The quantitative estimate of drug-likeness (QED) is 0.157. The largest absolute Gasteiger partial charge is 0.443 e. The molecular weight excluding hydrogens is 657 g/mol. The SMILES string of the molecule is C[C@@H]1CC[C@H]2[C@@H](C)[C@@](C)(OCSCO[C@@]3(C(F)(F)F)O[C@@H]4O[C@]5(C)CC[C@H]6[C@H](C)CC[C@@H]([C@H]3C)[C@@]46OO5)O[C@@H]3O[C@]4(C)CC[C@@H]1[C@]32OO4. The zero-order chi connectivity index (χ0) is 34.1. The summed E-state index contributed by atoms with van der Waals surface area (Å²) in [6.45, 7) is 13.5. The van der Waals surface area contributed by atoms with Crippen molar-refractivity contribution in [3.05, 3.63) is 0 Å². The minimum absolute atomic E-state index is 0.0337. The van der Waals surface area contributed by atoms with Gasteiger partial charge in [-0.25, -0.2) is 19.6 Å². The summed E-state index contributed by atoms with van der Waals surface area (Å²) in [5, 5.41) is 0. The molecule has 10 rings (SSSR count). The number of hydrogen-bond acceptors (Lipinski definition) is 11. The van der Waals surface area contributed by atoms with Gasteiger partial charge in [0.2, 0.25) is 11.6 Å². The molecule has 0 aromatic heterocycles. The maximum absolute atomic E-state index is 15.2. The lowest BCUT2D eigenvalue weighted by Crippen LogP contribution is -2.76. The van der Waals surface area contributed by atoms with Gasteiger partial charge >= 0.3 is 6.18 Å². The van der Waals surface area contributed by atoms with Crippen molar-refractivity contribution in [3.63, 3.8) is 0 Å². The fraction of sp³-hybridized carbons (Fsp3) is 1.00. The van der Waals surface area contributed by atoms with Crippen molar-refractivity contribution in [2.75, 3.05) is 11.9 Å². The van der Waals surface area contributed by atoms with E-state index in [1.54, 1.807) is 13.8 Å². The summed E-state index contributed by atoms with van der Waals surface area (Å²) in [4.78, 5) is 24.0. The Hall–Kier alpha value is -0.260. The van der Waals surface area contributed by atoms with Crippen molar-refractivity contribution >= 4 is 11.8 Å². The molecule has 16 atom stereocenters. The Morgan fingerprint density at radius 2 is 1.10 bits per heavy atom. The van der Waals surface area contributed by atoms with Crippen molar-refractivity contribution in [1.82, 2.24) is 0 Å². The Morgan fingerprint density at radius 3 is 1.65 bits per heavy atom. The highest BCUT2D eigenvalue weighted by Crippen LogP contribution is 2.65. The van der Waals surface area contributed by atoms with Gasteiger partial charge in [-0.3, -0.25) is 0 Å². The molecule has 2 aliphatic carbocycles. The molecule has 8 heterocycles. The lowest BCUT2D eigenvalue weighted by atomic mass is 9.57. The van der Waals surface area contributed by atoms with Crippen LogP contribution < -0.4 is 0 Å². The Morgan fingerprint density at radius 1 is 0.604 bits per heavy atom. The molecule has 0 radical (unpaired) electrons. The molecule has 4 bridgehead atoms. The molecule has 0 N–H and O–H groups in total. The molecule has 8 aliphatic heterocycles. The number of hydrogen-bond donors (Lipinski definition) is 0. The van der Waals surface area contributed by atoms with Gasteiger partial charge in [-0.2, -0.15) is 13.2 Å². The van der Waals surface area contributed by atoms with E-state index in [1.165, 1.54) is 0 Å². The highest BCUT2D eigenvalue weighted by molar-refractivity contribution is 7.98. The van der Waals surface area contributed by atoms with Crippen LogP contribution in [0.1, 0.15) is 99.8 Å². The van der Waals surface area contributed by atoms with Crippen LogP contribution in [0.25, 0.3) is 0 Å². The molecule has 14 heteroatoms. The first-order valence-electron chi connectivity index (χ1n) is 17.9. The standard InChI is InChI=1S/C34H51F3O10S/c1-18-8-10-24-20(3)30(7,42-26-31(24)22(18)12-14-28(5,40-26)44-46-31)38-16-48-17-39-33(34(35,36)37)21(4)25-11-9-19(2)23-13-15-29(6)41-27(43-33)32(23,25)47-45-29/h18-27H,8-17H2,1-7H3/t18-,19-,20-,21-,22+,23+,24+,25+,26+,27+,28+,29+,30+,31-,32-,33-/m1/s1. The van der Waals surface area contributed by atoms with Gasteiger partial charge in [0, 0.05) is 36.5 Å². The molecule has 10 fully saturated rings. The molecule has 0 aromatic rings. The number of alkyl halides is 3. The molecule has 0 amide bonds. The Kier molecular flexibility index (Phi) is 8.24. The van der Waals surface area contributed by atoms with Crippen molar-refractivity contribution in [1.29, 1.82) is 0 Å². The second-order valence-electron chi connectivity index (χ2n) is 16.5. The molecule has 2 spiro atoms. The van der Waals surface area contributed by atoms with Gasteiger partial charge in [-0.15, -0.1) is 11.8 Å². The topological polar surface area (TPSA) is 92.3 Å². The molecule has 0 aromatic carbocycles. The summed E-state index contributed by atoms with van der Waals surface area (Å²) < 4.78 is 83.2. The fourth-order valence-electron chi connectivity index (χ4n) is 11.0. The van der Waals surface area contributed by atoms with Crippen LogP contribution in [0, 0.1) is 47.3 Å². The third kappa shape index (κ3) is 4.76. The van der Waals surface area contributed by atoms with Crippen molar-refractivity contribution in [2.24, 2.45) is 47.3 Å². The van der Waals surface area contributed by atoms with E-state index in [0.29, 0.717) is 25.2 Å². The summed E-state index contributed by atoms with van der Waals surface area (Å²) >= 11 is 1.10. The monoisotopic (exact) mass is 708 g/mol. The molecule has 8 saturated heterocycles. The van der Waals surface area contributed by atoms with Crippen LogP contribution in [0.2, 0.25) is 0 Å². The molecule has 274 valence electrons. The fourth-order valence-corrected chi connectivity index (χ4v) is 11.7. The second-order valence-corrected chi connectivity index (χ2v) is 17.4. The molecule has 10 aliphatic rings. The first-order valence-corrected chi connectivity index (χ1v) is 19.1. The minimum Gasteiger partial charge on any atom is -0.339 e. The lowest BCUT2D eigenvalue weighted by Gasteiger charge is -2.62. The van der Waals surface area contributed by atoms with Crippen LogP contribution in [0.15, 0.2) is 0 Å². The van der Waals surface area contributed by atoms with Gasteiger partial charge in [-0.1, -0.05) is 27.7 Å². The van der Waals surface area contributed by atoms with E-state index in [-0.39, 0.29) is 41.5 Å². The van der Waals surface area contributed by atoms with Crippen LogP contribution in [0.5, 0.6) is 0 Å². The smallest absolute Gasteiger partial charge is 0.339 e. The van der Waals surface area contributed by atoms with Gasteiger partial charge in [0.25, 0.3) is 5.79 Å². The van der Waals surface area contributed by atoms with Crippen LogP contribution in [-0.2, 0) is 48.0 Å². The summed E-state index contributed by atoms with van der Waals surface area (Å²) in [7, 11) is 0. The van der Waals surface area contributed by atoms with E-state index >= 15 is 13.2 Å². The predicted molar refractivity (Wildman–Crippen MR) is 163 cm³/mol. The Balaban J connectivity index is 0.979. The van der Waals surface area contributed by atoms with E-state index < -0.39 is 64.9 Å². The zero-order valence-corrected chi connectivity index (χ0v) is 29.8. The van der Waals surface area contributed by atoms with Crippen LogP contribution >= 0.6 is 11.8 Å². The normalized spacial score (nSPS) is 57.4. The van der Waals surface area contributed by atoms with Gasteiger partial charge in [0.05, 0.1) is 11.9 Å². The minimum atomic E-state index is -4.84. The number of thioether (sulfide) groups is 1. The lowest BCUT2D eigenvalue weighted by molar-refractivity contribution is -0.598. The number of rotatable bonds is 6. The van der Waals surface area contributed by atoms with Crippen LogP contribution in [0.3, 0.4) is 0 Å². The van der Waals surface area contributed by atoms with Crippen molar-refractivity contribution < 1.29 is 61.1 Å². The third-order valence-electron chi connectivity index (χ3n) is 14.0. The van der Waals surface area contributed by atoms with Gasteiger partial charge < -0.3 is 28.4 Å². The summed E-state index contributed by atoms with van der Waals surface area (Å²) in [6, 6.07) is 0. The summed E-state index contributed by atoms with van der Waals surface area (Å²) in [6.07, 6.45) is -0.729. The molecular formula is C34H51F3O10S. The van der Waals surface area contributed by atoms with E-state index in [9.17, 15) is 0 Å². The van der Waals surface area contributed by atoms with Crippen molar-refractivity contribution in [2.45, 2.75) is 153 Å². The third-order valence-corrected chi connectivity index (χ3v) is 14.6. The molecule has 48 heavy (non-hydrogen) atoms. The molecule has 10 nitrogen and oxygen atoms in total. The average molecular weight is 709 g/mol. The van der Waals surface area contributed by atoms with E-state index in [0.717, 1.165) is 43.9 Å². The number of fused-ring (bicyclic) bond motifs is 4. The van der Waals surface area contributed by atoms with Crippen molar-refractivity contribution in [3.8, 4) is 0 Å². The Bertz CT molecular complexity index is 1260. The summed E-state index contributed by atoms with van der Waals surface area (Å²) in [5.74, 6) is -7.25. The van der Waals surface area contributed by atoms with Gasteiger partial charge in [0.1, 0.15) is 0 Å². The van der Waals surface area contributed by atoms with Crippen LogP contribution in [0.4, 0.5) is 13.2 Å². The first-order chi connectivity index (χ1) is 22.5. The Labute approximate surface area is 284 Å². The van der Waals surface area contributed by atoms with Crippen LogP contribution in [-0.4, -0.2) is 65.0 Å². The van der Waals surface area contributed by atoms with E-state index in [2.05, 4.69) is 20.8 Å². The van der Waals surface area contributed by atoms with E-state index in [1.807, 2.05) is 13.8 Å². The maximum atomic E-state index is 15.2. The highest BCUT2D eigenvalue weighted by atomic mass is 32.2. The highest BCUT2D eigenvalue weighted by Gasteiger charge is 2.77. The maximum Gasteiger partial charge on any atom is 0.443 e. The second kappa shape index (κ2) is 11.4. The number of ether oxygens (including phenoxy) is 6. The average Bonchev–Trinajstić information content (AvgIpc) is 3.39. The number of halogens is 3. The summed E-state index contributed by atoms with van der Waals surface area (Å²) in [5.41, 5.74) is -1.87. The first kappa shape index (κ1) is 34.8. The van der Waals surface area contributed by atoms with Gasteiger partial charge in [-0.05, 0) is 83.0 Å². The zero-order valence-electron chi connectivity index (χ0n) is 29.0. The predicted octanol–water partition coefficient (Wildman–Crippen LogP) is 7.41.